The fraction of sp³-hybridized carbons (Fsp3) is 0.759. The van der Waals surface area contributed by atoms with Gasteiger partial charge in [0.1, 0.15) is 11.2 Å². The zero-order chi connectivity index (χ0) is 28.6. The molecule has 0 aromatic carbocycles. The first kappa shape index (κ1) is 30.5. The normalized spacial score (nSPS) is 28.8. The Bertz CT molecular complexity index is 971. The van der Waals surface area contributed by atoms with Gasteiger partial charge in [-0.15, -0.1) is 11.8 Å². The third kappa shape index (κ3) is 6.24. The molecule has 38 heavy (non-hydrogen) atoms. The molecule has 214 valence electrons. The van der Waals surface area contributed by atoms with Crippen LogP contribution in [0.5, 0.6) is 0 Å². The molecule has 3 rings (SSSR count). The Hall–Kier alpha value is -2.00. The standard InChI is InChI=1S/C29H44O8S/c1-11-33-20-13-18-17(4)22(24(30)34-12-2)23-21(19(18)15-35-20)16(3)14-29(38-23,25(31)36-27(5,6)7)26(32)37-28(8,9)10/h15,17-18,20,22-23H,11-14H2,1-10H3/t17-,18-,20+,22-,23-/m0/s1. The first-order valence-corrected chi connectivity index (χ1v) is 14.4. The van der Waals surface area contributed by atoms with Gasteiger partial charge >= 0.3 is 17.9 Å². The van der Waals surface area contributed by atoms with E-state index in [4.69, 9.17) is 23.7 Å². The van der Waals surface area contributed by atoms with E-state index < -0.39 is 45.3 Å². The maximum Gasteiger partial charge on any atom is 0.334 e. The van der Waals surface area contributed by atoms with Crippen molar-refractivity contribution in [3.05, 3.63) is 23.0 Å². The highest BCUT2D eigenvalue weighted by molar-refractivity contribution is 8.03. The van der Waals surface area contributed by atoms with Crippen LogP contribution in [0.2, 0.25) is 0 Å². The second-order valence-corrected chi connectivity index (χ2v) is 13.8. The van der Waals surface area contributed by atoms with Gasteiger partial charge < -0.3 is 23.7 Å². The Morgan fingerprint density at radius 1 is 1.03 bits per heavy atom. The van der Waals surface area contributed by atoms with Crippen LogP contribution in [0.4, 0.5) is 0 Å². The molecule has 2 heterocycles. The molecule has 0 spiro atoms. The number of ether oxygens (including phenoxy) is 5. The Kier molecular flexibility index (Phi) is 9.03. The molecule has 0 aromatic heterocycles. The van der Waals surface area contributed by atoms with Crippen LogP contribution < -0.4 is 0 Å². The van der Waals surface area contributed by atoms with Gasteiger partial charge in [-0.25, -0.2) is 9.59 Å². The third-order valence-corrected chi connectivity index (χ3v) is 8.65. The minimum Gasteiger partial charge on any atom is -0.472 e. The number of allylic oxidation sites excluding steroid dienone is 2. The van der Waals surface area contributed by atoms with Crippen LogP contribution in [0.25, 0.3) is 0 Å². The van der Waals surface area contributed by atoms with Crippen LogP contribution in [-0.4, -0.2) is 58.6 Å². The number of esters is 3. The van der Waals surface area contributed by atoms with E-state index in [1.807, 2.05) is 20.8 Å². The van der Waals surface area contributed by atoms with Gasteiger partial charge in [-0.1, -0.05) is 12.5 Å². The predicted octanol–water partition coefficient (Wildman–Crippen LogP) is 5.34. The van der Waals surface area contributed by atoms with Crippen LogP contribution in [-0.2, 0) is 38.1 Å². The molecule has 2 aliphatic heterocycles. The maximum atomic E-state index is 13.8. The van der Waals surface area contributed by atoms with Gasteiger partial charge in [0, 0.05) is 24.7 Å². The number of thioether (sulfide) groups is 1. The summed E-state index contributed by atoms with van der Waals surface area (Å²) < 4.78 is 27.2. The van der Waals surface area contributed by atoms with Crippen molar-refractivity contribution in [2.75, 3.05) is 13.2 Å². The van der Waals surface area contributed by atoms with E-state index >= 15 is 0 Å². The first-order chi connectivity index (χ1) is 17.5. The molecule has 1 fully saturated rings. The lowest BCUT2D eigenvalue weighted by atomic mass is 9.64. The van der Waals surface area contributed by atoms with Gasteiger partial charge in [0.05, 0.1) is 18.8 Å². The third-order valence-electron chi connectivity index (χ3n) is 6.99. The second-order valence-electron chi connectivity index (χ2n) is 12.3. The van der Waals surface area contributed by atoms with Crippen molar-refractivity contribution >= 4 is 29.7 Å². The van der Waals surface area contributed by atoms with Crippen LogP contribution in [0.15, 0.2) is 23.0 Å². The molecule has 1 aliphatic carbocycles. The van der Waals surface area contributed by atoms with Crippen molar-refractivity contribution in [2.24, 2.45) is 17.8 Å². The van der Waals surface area contributed by atoms with Gasteiger partial charge in [0.15, 0.2) is 6.29 Å². The number of fused-ring (bicyclic) bond motifs is 3. The molecule has 3 aliphatic rings. The largest absolute Gasteiger partial charge is 0.472 e. The highest BCUT2D eigenvalue weighted by atomic mass is 32.2. The molecule has 9 heteroatoms. The highest BCUT2D eigenvalue weighted by Crippen LogP contribution is 2.58. The summed E-state index contributed by atoms with van der Waals surface area (Å²) in [5.41, 5.74) is 1.13. The average Bonchev–Trinajstić information content (AvgIpc) is 2.77. The lowest BCUT2D eigenvalue weighted by molar-refractivity contribution is -0.171. The molecule has 5 atom stereocenters. The molecule has 0 unspecified atom stereocenters. The average molecular weight is 553 g/mol. The number of hydrogen-bond donors (Lipinski definition) is 0. The quantitative estimate of drug-likeness (QED) is 0.246. The fourth-order valence-corrected chi connectivity index (χ4v) is 7.49. The topological polar surface area (TPSA) is 97.4 Å². The van der Waals surface area contributed by atoms with Gasteiger partial charge in [0.2, 0.25) is 4.75 Å². The molecule has 1 saturated carbocycles. The van der Waals surface area contributed by atoms with Gasteiger partial charge in [-0.2, -0.15) is 0 Å². The van der Waals surface area contributed by atoms with Crippen molar-refractivity contribution in [3.63, 3.8) is 0 Å². The smallest absolute Gasteiger partial charge is 0.334 e. The Morgan fingerprint density at radius 2 is 1.61 bits per heavy atom. The zero-order valence-electron chi connectivity index (χ0n) is 24.5. The summed E-state index contributed by atoms with van der Waals surface area (Å²) in [7, 11) is 0. The van der Waals surface area contributed by atoms with Crippen molar-refractivity contribution < 1.29 is 38.1 Å². The van der Waals surface area contributed by atoms with Crippen molar-refractivity contribution in [3.8, 4) is 0 Å². The van der Waals surface area contributed by atoms with Crippen LogP contribution in [0.1, 0.15) is 82.1 Å². The van der Waals surface area contributed by atoms with Crippen molar-refractivity contribution in [1.82, 2.24) is 0 Å². The van der Waals surface area contributed by atoms with Gasteiger partial charge in [0.25, 0.3) is 0 Å². The number of carbonyl (C=O) groups excluding carboxylic acids is 3. The molecular weight excluding hydrogens is 508 g/mol. The molecule has 0 amide bonds. The molecule has 0 radical (unpaired) electrons. The number of rotatable bonds is 6. The molecule has 0 saturated heterocycles. The first-order valence-electron chi connectivity index (χ1n) is 13.5. The van der Waals surface area contributed by atoms with E-state index in [1.54, 1.807) is 54.7 Å². The summed E-state index contributed by atoms with van der Waals surface area (Å²) in [5.74, 6) is -2.39. The molecule has 8 nitrogen and oxygen atoms in total. The Morgan fingerprint density at radius 3 is 2.11 bits per heavy atom. The van der Waals surface area contributed by atoms with Crippen LogP contribution in [0.3, 0.4) is 0 Å². The Balaban J connectivity index is 2.18. The van der Waals surface area contributed by atoms with E-state index in [1.165, 1.54) is 0 Å². The molecule has 0 N–H and O–H groups in total. The minimum absolute atomic E-state index is 0.00654. The summed E-state index contributed by atoms with van der Waals surface area (Å²) in [6.07, 6.45) is 2.06. The second kappa shape index (κ2) is 11.2. The monoisotopic (exact) mass is 552 g/mol. The zero-order valence-corrected chi connectivity index (χ0v) is 25.3. The number of carbonyl (C=O) groups is 3. The van der Waals surface area contributed by atoms with Gasteiger partial charge in [-0.05, 0) is 85.3 Å². The molecule has 0 aromatic rings. The summed E-state index contributed by atoms with van der Waals surface area (Å²) in [6.45, 7) is 19.0. The van der Waals surface area contributed by atoms with Crippen molar-refractivity contribution in [2.45, 2.75) is 110 Å². The maximum absolute atomic E-state index is 13.8. The van der Waals surface area contributed by atoms with Gasteiger partial charge in [-0.3, -0.25) is 4.79 Å². The summed E-state index contributed by atoms with van der Waals surface area (Å²) >= 11 is 1.16. The molecule has 0 bridgehead atoms. The summed E-state index contributed by atoms with van der Waals surface area (Å²) in [6, 6.07) is 0. The summed E-state index contributed by atoms with van der Waals surface area (Å²) in [4.78, 5) is 41.1. The summed E-state index contributed by atoms with van der Waals surface area (Å²) in [5, 5.41) is -0.521. The van der Waals surface area contributed by atoms with E-state index in [9.17, 15) is 14.4 Å². The fourth-order valence-electron chi connectivity index (χ4n) is 5.52. The lowest BCUT2D eigenvalue weighted by Crippen LogP contribution is -2.56. The van der Waals surface area contributed by atoms with E-state index in [2.05, 4.69) is 0 Å². The van der Waals surface area contributed by atoms with E-state index in [0.29, 0.717) is 13.0 Å². The predicted molar refractivity (Wildman–Crippen MR) is 145 cm³/mol. The van der Waals surface area contributed by atoms with E-state index in [-0.39, 0.29) is 30.8 Å². The van der Waals surface area contributed by atoms with E-state index in [0.717, 1.165) is 28.5 Å². The highest BCUT2D eigenvalue weighted by Gasteiger charge is 2.61. The van der Waals surface area contributed by atoms with Crippen LogP contribution in [0, 0.1) is 17.8 Å². The lowest BCUT2D eigenvalue weighted by Gasteiger charge is -2.50. The SMILES string of the molecule is CCOC(=O)[C@H]1[C@@H](C)[C@@H]2C[C@H](OCC)OC=C2C2=C(C)CC(C(=O)OC(C)(C)C)(C(=O)OC(C)(C)C)S[C@@H]21. The molecular formula is C29H44O8S. The van der Waals surface area contributed by atoms with Crippen LogP contribution >= 0.6 is 11.8 Å². The van der Waals surface area contributed by atoms with Crippen molar-refractivity contribution in [1.29, 1.82) is 0 Å². The Labute approximate surface area is 231 Å². The minimum atomic E-state index is -1.67. The number of hydrogen-bond acceptors (Lipinski definition) is 9.